The molecule has 0 aliphatic carbocycles. The van der Waals surface area contributed by atoms with Gasteiger partial charge in [0, 0.05) is 0 Å². The molecule has 76 valence electrons. The van der Waals surface area contributed by atoms with E-state index in [9.17, 15) is 18.0 Å². The number of aliphatic carboxylic acids is 1. The van der Waals surface area contributed by atoms with E-state index in [-0.39, 0.29) is 18.4 Å². The smallest absolute Gasteiger partial charge is 0.423 e. The number of rotatable bonds is 3. The van der Waals surface area contributed by atoms with Crippen LogP contribution >= 0.6 is 0 Å². The number of carboxylic acid groups (broad SMARTS) is 1. The molecule has 0 bridgehead atoms. The molecule has 0 aromatic carbocycles. The summed E-state index contributed by atoms with van der Waals surface area (Å²) >= 11 is 0. The molecule has 0 rings (SSSR count). The van der Waals surface area contributed by atoms with E-state index in [0.29, 0.717) is 0 Å². The molecule has 0 atom stereocenters. The molecule has 0 aromatic rings. The molecule has 1 N–H and O–H groups in total. The maximum absolute atomic E-state index is 12.2. The summed E-state index contributed by atoms with van der Waals surface area (Å²) in [6, 6.07) is 0. The number of halogens is 3. The van der Waals surface area contributed by atoms with E-state index < -0.39 is 17.7 Å². The Morgan fingerprint density at radius 1 is 1.23 bits per heavy atom. The van der Waals surface area contributed by atoms with Crippen LogP contribution < -0.4 is 0 Å². The summed E-state index contributed by atoms with van der Waals surface area (Å²) in [5.74, 6) is -1.90. The van der Waals surface area contributed by atoms with Gasteiger partial charge in [-0.1, -0.05) is 19.4 Å². The van der Waals surface area contributed by atoms with E-state index in [1.165, 1.54) is 13.8 Å². The Hall–Kier alpha value is -1.00. The molecule has 0 aliphatic heterocycles. The summed E-state index contributed by atoms with van der Waals surface area (Å²) in [7, 11) is 0. The molecule has 0 radical (unpaired) electrons. The third-order valence-electron chi connectivity index (χ3n) is 1.70. The average Bonchev–Trinajstić information content (AvgIpc) is 1.96. The fourth-order valence-corrected chi connectivity index (χ4v) is 1.08. The molecule has 0 spiro atoms. The fourth-order valence-electron chi connectivity index (χ4n) is 1.08. The van der Waals surface area contributed by atoms with Crippen molar-refractivity contribution in [1.29, 1.82) is 0 Å². The molecule has 0 fully saturated rings. The van der Waals surface area contributed by atoms with Gasteiger partial charge in [-0.2, -0.15) is 13.2 Å². The Labute approximate surface area is 74.1 Å². The highest BCUT2D eigenvalue weighted by molar-refractivity contribution is 5.89. The maximum Gasteiger partial charge on any atom is 0.423 e. The van der Waals surface area contributed by atoms with Crippen molar-refractivity contribution in [2.45, 2.75) is 32.9 Å². The van der Waals surface area contributed by atoms with Crippen LogP contribution in [0, 0.1) is 0 Å². The van der Waals surface area contributed by atoms with E-state index in [2.05, 4.69) is 0 Å². The van der Waals surface area contributed by atoms with Crippen molar-refractivity contribution in [1.82, 2.24) is 0 Å². The summed E-state index contributed by atoms with van der Waals surface area (Å²) in [6.07, 6.45) is -4.54. The zero-order valence-corrected chi connectivity index (χ0v) is 7.40. The second kappa shape index (κ2) is 4.30. The normalized spacial score (nSPS) is 11.2. The molecule has 0 aromatic heterocycles. The molecule has 0 amide bonds. The Kier molecular flexibility index (Phi) is 3.97. The topological polar surface area (TPSA) is 37.3 Å². The van der Waals surface area contributed by atoms with E-state index in [1.807, 2.05) is 0 Å². The van der Waals surface area contributed by atoms with Gasteiger partial charge in [0.2, 0.25) is 0 Å². The highest BCUT2D eigenvalue weighted by atomic mass is 19.4. The van der Waals surface area contributed by atoms with Gasteiger partial charge in [-0.25, -0.2) is 4.79 Å². The van der Waals surface area contributed by atoms with Crippen molar-refractivity contribution in [3.05, 3.63) is 11.1 Å². The van der Waals surface area contributed by atoms with Gasteiger partial charge < -0.3 is 5.11 Å². The van der Waals surface area contributed by atoms with Crippen molar-refractivity contribution in [3.8, 4) is 0 Å². The number of carboxylic acids is 1. The number of allylic oxidation sites excluding steroid dienone is 1. The Balaban J connectivity index is 5.22. The maximum atomic E-state index is 12.2. The van der Waals surface area contributed by atoms with Crippen LogP contribution in [0.5, 0.6) is 0 Å². The standard InChI is InChI=1S/C8H11F3O2/c1-3-5(4-2)6(7(12)13)8(9,10)11/h3-4H2,1-2H3,(H,12,13). The van der Waals surface area contributed by atoms with E-state index in [4.69, 9.17) is 5.11 Å². The first kappa shape index (κ1) is 12.0. The fraction of sp³-hybridized carbons (Fsp3) is 0.625. The molecule has 0 unspecified atom stereocenters. The summed E-state index contributed by atoms with van der Waals surface area (Å²) in [5, 5.41) is 8.36. The van der Waals surface area contributed by atoms with Gasteiger partial charge in [-0.3, -0.25) is 0 Å². The van der Waals surface area contributed by atoms with E-state index in [1.54, 1.807) is 0 Å². The lowest BCUT2D eigenvalue weighted by Crippen LogP contribution is -2.21. The zero-order chi connectivity index (χ0) is 10.6. The van der Waals surface area contributed by atoms with Crippen LogP contribution in [0.1, 0.15) is 26.7 Å². The first-order valence-corrected chi connectivity index (χ1v) is 3.87. The second-order valence-electron chi connectivity index (χ2n) is 2.49. The lowest BCUT2D eigenvalue weighted by molar-refractivity contribution is -0.145. The molecule has 0 aliphatic rings. The van der Waals surface area contributed by atoms with Crippen LogP contribution in [0.4, 0.5) is 13.2 Å². The monoisotopic (exact) mass is 196 g/mol. The van der Waals surface area contributed by atoms with Gasteiger partial charge in [0.25, 0.3) is 0 Å². The van der Waals surface area contributed by atoms with Crippen LogP contribution in [-0.2, 0) is 4.79 Å². The molecular weight excluding hydrogens is 185 g/mol. The minimum absolute atomic E-state index is 0.0694. The molecule has 2 nitrogen and oxygen atoms in total. The Morgan fingerprint density at radius 3 is 1.69 bits per heavy atom. The number of hydrogen-bond donors (Lipinski definition) is 1. The third-order valence-corrected chi connectivity index (χ3v) is 1.70. The summed E-state index contributed by atoms with van der Waals surface area (Å²) in [4.78, 5) is 10.3. The van der Waals surface area contributed by atoms with Crippen LogP contribution in [-0.4, -0.2) is 17.3 Å². The van der Waals surface area contributed by atoms with Crippen molar-refractivity contribution in [2.24, 2.45) is 0 Å². The average molecular weight is 196 g/mol. The summed E-state index contributed by atoms with van der Waals surface area (Å²) in [6.45, 7) is 3.01. The highest BCUT2D eigenvalue weighted by Gasteiger charge is 2.40. The third kappa shape index (κ3) is 3.08. The van der Waals surface area contributed by atoms with Gasteiger partial charge in [0.05, 0.1) is 0 Å². The van der Waals surface area contributed by atoms with Crippen molar-refractivity contribution < 1.29 is 23.1 Å². The Morgan fingerprint density at radius 2 is 1.62 bits per heavy atom. The largest absolute Gasteiger partial charge is 0.478 e. The first-order valence-electron chi connectivity index (χ1n) is 3.87. The van der Waals surface area contributed by atoms with Gasteiger partial charge in [-0.15, -0.1) is 0 Å². The van der Waals surface area contributed by atoms with Crippen LogP contribution in [0.2, 0.25) is 0 Å². The quantitative estimate of drug-likeness (QED) is 0.704. The van der Waals surface area contributed by atoms with Crippen LogP contribution in [0.15, 0.2) is 11.1 Å². The van der Waals surface area contributed by atoms with Gasteiger partial charge in [-0.05, 0) is 12.8 Å². The Bertz CT molecular complexity index is 222. The van der Waals surface area contributed by atoms with E-state index >= 15 is 0 Å². The van der Waals surface area contributed by atoms with Crippen molar-refractivity contribution in [3.63, 3.8) is 0 Å². The lowest BCUT2D eigenvalue weighted by Gasteiger charge is -2.11. The first-order chi connectivity index (χ1) is 5.84. The predicted octanol–water partition coefficient (Wildman–Crippen LogP) is 2.75. The molecular formula is C8H11F3O2. The van der Waals surface area contributed by atoms with Gasteiger partial charge in [0.1, 0.15) is 5.57 Å². The predicted molar refractivity (Wildman–Crippen MR) is 41.3 cm³/mol. The van der Waals surface area contributed by atoms with Gasteiger partial charge in [0.15, 0.2) is 0 Å². The molecule has 0 heterocycles. The van der Waals surface area contributed by atoms with Crippen LogP contribution in [0.3, 0.4) is 0 Å². The molecule has 5 heteroatoms. The number of alkyl halides is 3. The minimum atomic E-state index is -4.76. The second-order valence-corrected chi connectivity index (χ2v) is 2.49. The molecule has 13 heavy (non-hydrogen) atoms. The van der Waals surface area contributed by atoms with E-state index in [0.717, 1.165) is 0 Å². The molecule has 0 saturated carbocycles. The van der Waals surface area contributed by atoms with Crippen molar-refractivity contribution >= 4 is 5.97 Å². The van der Waals surface area contributed by atoms with Gasteiger partial charge >= 0.3 is 12.1 Å². The molecule has 0 saturated heterocycles. The lowest BCUT2D eigenvalue weighted by atomic mass is 10.0. The highest BCUT2D eigenvalue weighted by Crippen LogP contribution is 2.30. The SMILES string of the molecule is CCC(CC)=C(C(=O)O)C(F)(F)F. The van der Waals surface area contributed by atoms with Crippen LogP contribution in [0.25, 0.3) is 0 Å². The van der Waals surface area contributed by atoms with Crippen molar-refractivity contribution in [2.75, 3.05) is 0 Å². The summed E-state index contributed by atoms with van der Waals surface area (Å²) in [5.41, 5.74) is -1.49. The zero-order valence-electron chi connectivity index (χ0n) is 7.40. The number of hydrogen-bond acceptors (Lipinski definition) is 1. The minimum Gasteiger partial charge on any atom is -0.478 e. The summed E-state index contributed by atoms with van der Waals surface area (Å²) < 4.78 is 36.5. The number of carbonyl (C=O) groups is 1.